The fraction of sp³-hybridized carbons (Fsp3) is 1.00. The topological polar surface area (TPSA) is 55.3 Å². The van der Waals surface area contributed by atoms with Gasteiger partial charge in [-0.15, -0.1) is 0 Å². The maximum Gasteiger partial charge on any atom is 0.0559 e. The van der Waals surface area contributed by atoms with Crippen LogP contribution in [0.15, 0.2) is 0 Å². The Balaban J connectivity index is 2.52. The summed E-state index contributed by atoms with van der Waals surface area (Å²) in [6, 6.07) is 0.619. The second-order valence-electron chi connectivity index (χ2n) is 4.22. The maximum atomic E-state index is 5.91. The molecule has 3 nitrogen and oxygen atoms in total. The number of nitrogens with zero attached hydrogens (tertiary/aromatic N) is 1. The minimum atomic E-state index is 0.0862. The molecule has 3 heteroatoms. The third-order valence-electron chi connectivity index (χ3n) is 2.94. The SMILES string of the molecule is CC(N)N(C(C)N)C1CCCCC1. The van der Waals surface area contributed by atoms with E-state index in [2.05, 4.69) is 4.90 Å². The van der Waals surface area contributed by atoms with Crippen molar-refractivity contribution in [3.8, 4) is 0 Å². The summed E-state index contributed by atoms with van der Waals surface area (Å²) in [6.45, 7) is 4.05. The molecule has 1 fully saturated rings. The lowest BCUT2D eigenvalue weighted by Crippen LogP contribution is -2.54. The normalized spacial score (nSPS) is 24.7. The van der Waals surface area contributed by atoms with Crippen LogP contribution in [-0.4, -0.2) is 23.3 Å². The first kappa shape index (κ1) is 11.0. The van der Waals surface area contributed by atoms with Crippen LogP contribution in [0, 0.1) is 0 Å². The van der Waals surface area contributed by atoms with Crippen LogP contribution in [0.3, 0.4) is 0 Å². The van der Waals surface area contributed by atoms with Crippen molar-refractivity contribution in [3.63, 3.8) is 0 Å². The van der Waals surface area contributed by atoms with Crippen LogP contribution < -0.4 is 11.5 Å². The predicted octanol–water partition coefficient (Wildman–Crippen LogP) is 1.23. The van der Waals surface area contributed by atoms with E-state index in [1.807, 2.05) is 13.8 Å². The van der Waals surface area contributed by atoms with Gasteiger partial charge in [-0.3, -0.25) is 4.90 Å². The molecule has 78 valence electrons. The van der Waals surface area contributed by atoms with Crippen molar-refractivity contribution in [1.82, 2.24) is 4.90 Å². The minimum absolute atomic E-state index is 0.0862. The molecule has 0 heterocycles. The number of nitrogens with two attached hydrogens (primary N) is 2. The smallest absolute Gasteiger partial charge is 0.0559 e. The van der Waals surface area contributed by atoms with E-state index in [0.29, 0.717) is 6.04 Å². The van der Waals surface area contributed by atoms with Crippen LogP contribution in [0.25, 0.3) is 0 Å². The van der Waals surface area contributed by atoms with Gasteiger partial charge in [-0.1, -0.05) is 19.3 Å². The number of hydrogen-bond donors (Lipinski definition) is 2. The van der Waals surface area contributed by atoms with Gasteiger partial charge in [0.15, 0.2) is 0 Å². The lowest BCUT2D eigenvalue weighted by atomic mass is 9.93. The Hall–Kier alpha value is -0.120. The van der Waals surface area contributed by atoms with Crippen molar-refractivity contribution in [2.45, 2.75) is 64.3 Å². The standard InChI is InChI=1S/C10H23N3/c1-8(11)13(9(2)12)10-6-4-3-5-7-10/h8-10H,3-7,11-12H2,1-2H3. The van der Waals surface area contributed by atoms with Gasteiger partial charge in [0.2, 0.25) is 0 Å². The highest BCUT2D eigenvalue weighted by Crippen LogP contribution is 2.23. The summed E-state index contributed by atoms with van der Waals surface area (Å²) in [5.41, 5.74) is 11.8. The third-order valence-corrected chi connectivity index (χ3v) is 2.94. The first-order valence-corrected chi connectivity index (χ1v) is 5.41. The second kappa shape index (κ2) is 4.94. The van der Waals surface area contributed by atoms with E-state index in [-0.39, 0.29) is 12.3 Å². The molecular formula is C10H23N3. The molecule has 0 aromatic carbocycles. The van der Waals surface area contributed by atoms with E-state index in [1.54, 1.807) is 0 Å². The van der Waals surface area contributed by atoms with Gasteiger partial charge in [0, 0.05) is 6.04 Å². The Kier molecular flexibility index (Phi) is 4.16. The summed E-state index contributed by atoms with van der Waals surface area (Å²) in [5, 5.41) is 0. The Bertz CT molecular complexity index is 131. The van der Waals surface area contributed by atoms with Gasteiger partial charge < -0.3 is 11.5 Å². The van der Waals surface area contributed by atoms with E-state index in [1.165, 1.54) is 32.1 Å². The summed E-state index contributed by atoms with van der Waals surface area (Å²) in [5.74, 6) is 0. The van der Waals surface area contributed by atoms with Crippen LogP contribution in [0.2, 0.25) is 0 Å². The molecule has 1 rings (SSSR count). The van der Waals surface area contributed by atoms with Crippen molar-refractivity contribution in [2.24, 2.45) is 11.5 Å². The zero-order chi connectivity index (χ0) is 9.84. The van der Waals surface area contributed by atoms with E-state index in [0.717, 1.165) is 0 Å². The molecule has 1 saturated carbocycles. The lowest BCUT2D eigenvalue weighted by molar-refractivity contribution is 0.0759. The van der Waals surface area contributed by atoms with Crippen LogP contribution >= 0.6 is 0 Å². The Morgan fingerprint density at radius 1 is 1.00 bits per heavy atom. The average molecular weight is 185 g/mol. The van der Waals surface area contributed by atoms with Crippen molar-refractivity contribution in [3.05, 3.63) is 0 Å². The third kappa shape index (κ3) is 2.93. The summed E-state index contributed by atoms with van der Waals surface area (Å²) in [4.78, 5) is 2.25. The molecule has 2 atom stereocenters. The highest BCUT2D eigenvalue weighted by atomic mass is 15.3. The maximum absolute atomic E-state index is 5.91. The Morgan fingerprint density at radius 3 is 1.85 bits per heavy atom. The summed E-state index contributed by atoms with van der Waals surface area (Å²) in [6.07, 6.45) is 6.75. The molecule has 0 aromatic rings. The summed E-state index contributed by atoms with van der Waals surface area (Å²) >= 11 is 0. The molecule has 0 aliphatic heterocycles. The van der Waals surface area contributed by atoms with Gasteiger partial charge >= 0.3 is 0 Å². The molecular weight excluding hydrogens is 162 g/mol. The number of hydrogen-bond acceptors (Lipinski definition) is 3. The van der Waals surface area contributed by atoms with E-state index in [9.17, 15) is 0 Å². The highest BCUT2D eigenvalue weighted by Gasteiger charge is 2.25. The molecule has 1 aliphatic rings. The van der Waals surface area contributed by atoms with Crippen LogP contribution in [-0.2, 0) is 0 Å². The highest BCUT2D eigenvalue weighted by molar-refractivity contribution is 4.79. The van der Waals surface area contributed by atoms with Gasteiger partial charge in [-0.2, -0.15) is 0 Å². The van der Waals surface area contributed by atoms with E-state index in [4.69, 9.17) is 11.5 Å². The van der Waals surface area contributed by atoms with Gasteiger partial charge in [-0.05, 0) is 26.7 Å². The molecule has 0 saturated heterocycles. The van der Waals surface area contributed by atoms with Crippen LogP contribution in [0.5, 0.6) is 0 Å². The Labute approximate surface area is 81.5 Å². The lowest BCUT2D eigenvalue weighted by Gasteiger charge is -2.39. The molecule has 0 radical (unpaired) electrons. The molecule has 0 amide bonds. The van der Waals surface area contributed by atoms with Crippen molar-refractivity contribution < 1.29 is 0 Å². The van der Waals surface area contributed by atoms with E-state index < -0.39 is 0 Å². The average Bonchev–Trinajstić information content (AvgIpc) is 2.04. The molecule has 0 spiro atoms. The Morgan fingerprint density at radius 2 is 1.46 bits per heavy atom. The molecule has 13 heavy (non-hydrogen) atoms. The molecule has 4 N–H and O–H groups in total. The molecule has 0 bridgehead atoms. The summed E-state index contributed by atoms with van der Waals surface area (Å²) < 4.78 is 0. The fourth-order valence-corrected chi connectivity index (χ4v) is 2.42. The fourth-order valence-electron chi connectivity index (χ4n) is 2.42. The van der Waals surface area contributed by atoms with Gasteiger partial charge in [0.05, 0.1) is 12.3 Å². The minimum Gasteiger partial charge on any atom is -0.316 e. The van der Waals surface area contributed by atoms with Gasteiger partial charge in [0.1, 0.15) is 0 Å². The molecule has 1 aliphatic carbocycles. The van der Waals surface area contributed by atoms with Crippen LogP contribution in [0.4, 0.5) is 0 Å². The zero-order valence-corrected chi connectivity index (χ0v) is 8.87. The van der Waals surface area contributed by atoms with Gasteiger partial charge in [-0.25, -0.2) is 0 Å². The van der Waals surface area contributed by atoms with Gasteiger partial charge in [0.25, 0.3) is 0 Å². The predicted molar refractivity (Wildman–Crippen MR) is 56.0 cm³/mol. The quantitative estimate of drug-likeness (QED) is 0.650. The largest absolute Gasteiger partial charge is 0.316 e. The molecule has 2 unspecified atom stereocenters. The van der Waals surface area contributed by atoms with Crippen molar-refractivity contribution in [1.29, 1.82) is 0 Å². The molecule has 0 aromatic heterocycles. The zero-order valence-electron chi connectivity index (χ0n) is 8.87. The monoisotopic (exact) mass is 185 g/mol. The van der Waals surface area contributed by atoms with E-state index >= 15 is 0 Å². The first-order valence-electron chi connectivity index (χ1n) is 5.41. The first-order chi connectivity index (χ1) is 6.13. The van der Waals surface area contributed by atoms with Crippen molar-refractivity contribution >= 4 is 0 Å². The second-order valence-corrected chi connectivity index (χ2v) is 4.22. The summed E-state index contributed by atoms with van der Waals surface area (Å²) in [7, 11) is 0. The van der Waals surface area contributed by atoms with Crippen molar-refractivity contribution in [2.75, 3.05) is 0 Å². The van der Waals surface area contributed by atoms with Crippen LogP contribution in [0.1, 0.15) is 46.0 Å². The number of rotatable bonds is 3.